The van der Waals surface area contributed by atoms with Gasteiger partial charge in [-0.2, -0.15) is 24.7 Å². The maximum absolute atomic E-state index is 5.43. The Morgan fingerprint density at radius 3 is 2.81 bits per heavy atom. The molecule has 2 rings (SSSR count). The minimum absolute atomic E-state index is 0.108. The normalized spacial score (nSPS) is 12.2. The van der Waals surface area contributed by atoms with E-state index in [9.17, 15) is 0 Å². The molecule has 3 N–H and O–H groups in total. The molecular formula is C11H19N9O. The van der Waals surface area contributed by atoms with Crippen LogP contribution in [0.25, 0.3) is 5.95 Å². The van der Waals surface area contributed by atoms with E-state index in [2.05, 4.69) is 30.5 Å². The van der Waals surface area contributed by atoms with Crippen molar-refractivity contribution < 1.29 is 4.74 Å². The highest BCUT2D eigenvalue weighted by atomic mass is 16.5. The van der Waals surface area contributed by atoms with Gasteiger partial charge in [0.15, 0.2) is 0 Å². The van der Waals surface area contributed by atoms with Gasteiger partial charge < -0.3 is 9.64 Å². The summed E-state index contributed by atoms with van der Waals surface area (Å²) in [4.78, 5) is 18.7. The Bertz CT molecular complexity index is 559. The van der Waals surface area contributed by atoms with Crippen LogP contribution in [0.3, 0.4) is 0 Å². The molecule has 0 amide bonds. The predicted molar refractivity (Wildman–Crippen MR) is 76.9 cm³/mol. The summed E-state index contributed by atoms with van der Waals surface area (Å²) in [5.41, 5.74) is 2.44. The number of anilines is 2. The first kappa shape index (κ1) is 15.1. The zero-order valence-corrected chi connectivity index (χ0v) is 12.3. The average molecular weight is 293 g/mol. The van der Waals surface area contributed by atoms with Gasteiger partial charge >= 0.3 is 0 Å². The molecule has 1 unspecified atom stereocenters. The van der Waals surface area contributed by atoms with E-state index in [-0.39, 0.29) is 12.0 Å². The topological polar surface area (TPSA) is 120 Å². The summed E-state index contributed by atoms with van der Waals surface area (Å²) in [5, 5.41) is 4.01. The molecule has 0 aliphatic carbocycles. The molecule has 0 spiro atoms. The van der Waals surface area contributed by atoms with Gasteiger partial charge in [-0.1, -0.05) is 0 Å². The zero-order valence-electron chi connectivity index (χ0n) is 12.3. The molecule has 1 atom stereocenters. The number of nitrogens with zero attached hydrogens (tertiary/aromatic N) is 7. The van der Waals surface area contributed by atoms with Crippen LogP contribution in [-0.2, 0) is 4.74 Å². The first-order valence-electron chi connectivity index (χ1n) is 6.52. The molecule has 0 saturated heterocycles. The van der Waals surface area contributed by atoms with Crippen molar-refractivity contribution in [3.8, 4) is 5.95 Å². The van der Waals surface area contributed by atoms with Gasteiger partial charge in [0.1, 0.15) is 12.7 Å². The number of aromatic nitrogens is 6. The summed E-state index contributed by atoms with van der Waals surface area (Å²) in [6.45, 7) is 5.32. The molecule has 2 heterocycles. The summed E-state index contributed by atoms with van der Waals surface area (Å²) >= 11 is 0. The van der Waals surface area contributed by atoms with E-state index in [4.69, 9.17) is 10.6 Å². The second kappa shape index (κ2) is 6.90. The second-order valence-electron chi connectivity index (χ2n) is 4.33. The summed E-state index contributed by atoms with van der Waals surface area (Å²) in [6.07, 6.45) is 2.92. The molecule has 0 aromatic carbocycles. The highest BCUT2D eigenvalue weighted by molar-refractivity contribution is 5.40. The molecule has 114 valence electrons. The van der Waals surface area contributed by atoms with Gasteiger partial charge in [-0.3, -0.25) is 5.43 Å². The van der Waals surface area contributed by atoms with Gasteiger partial charge in [-0.15, -0.1) is 0 Å². The molecule has 10 nitrogen and oxygen atoms in total. The van der Waals surface area contributed by atoms with Crippen molar-refractivity contribution in [1.82, 2.24) is 29.7 Å². The zero-order chi connectivity index (χ0) is 15.2. The van der Waals surface area contributed by atoms with Crippen molar-refractivity contribution in [2.45, 2.75) is 19.9 Å². The summed E-state index contributed by atoms with van der Waals surface area (Å²) in [5.74, 6) is 6.52. The average Bonchev–Trinajstić information content (AvgIpc) is 3.02. The second-order valence-corrected chi connectivity index (χ2v) is 4.33. The lowest BCUT2D eigenvalue weighted by Gasteiger charge is -2.27. The SMILES string of the molecule is CCN(c1nc(NN)nc(-n2cncn2)n1)C(C)COC. The molecule has 21 heavy (non-hydrogen) atoms. The number of methoxy groups -OCH3 is 1. The van der Waals surface area contributed by atoms with Crippen molar-refractivity contribution in [2.24, 2.45) is 5.84 Å². The van der Waals surface area contributed by atoms with Crippen LogP contribution in [0.4, 0.5) is 11.9 Å². The Morgan fingerprint density at radius 2 is 2.24 bits per heavy atom. The van der Waals surface area contributed by atoms with Crippen LogP contribution in [0.1, 0.15) is 13.8 Å². The number of hydrazine groups is 1. The lowest BCUT2D eigenvalue weighted by atomic mass is 10.3. The van der Waals surface area contributed by atoms with Crippen LogP contribution >= 0.6 is 0 Å². The summed E-state index contributed by atoms with van der Waals surface area (Å²) < 4.78 is 6.63. The molecule has 0 aliphatic heterocycles. The minimum Gasteiger partial charge on any atom is -0.383 e. The van der Waals surface area contributed by atoms with Crippen LogP contribution in [0, 0.1) is 0 Å². The van der Waals surface area contributed by atoms with Crippen LogP contribution in [0.2, 0.25) is 0 Å². The van der Waals surface area contributed by atoms with Gasteiger partial charge in [0.25, 0.3) is 5.95 Å². The Balaban J connectivity index is 2.40. The van der Waals surface area contributed by atoms with Gasteiger partial charge in [0, 0.05) is 13.7 Å². The van der Waals surface area contributed by atoms with Crippen molar-refractivity contribution in [2.75, 3.05) is 30.6 Å². The van der Waals surface area contributed by atoms with Crippen LogP contribution in [-0.4, -0.2) is 56.0 Å². The number of nitrogens with two attached hydrogens (primary N) is 1. The third-order valence-electron chi connectivity index (χ3n) is 2.90. The molecule has 0 fully saturated rings. The molecule has 10 heteroatoms. The fourth-order valence-electron chi connectivity index (χ4n) is 1.94. The van der Waals surface area contributed by atoms with Crippen LogP contribution < -0.4 is 16.2 Å². The number of nitrogens with one attached hydrogen (secondary N) is 1. The van der Waals surface area contributed by atoms with Crippen molar-refractivity contribution in [3.05, 3.63) is 12.7 Å². The van der Waals surface area contributed by atoms with Crippen LogP contribution in [0.5, 0.6) is 0 Å². The number of hydrogen-bond acceptors (Lipinski definition) is 9. The molecule has 0 saturated carbocycles. The van der Waals surface area contributed by atoms with Crippen molar-refractivity contribution in [3.63, 3.8) is 0 Å². The van der Waals surface area contributed by atoms with E-state index >= 15 is 0 Å². The maximum Gasteiger partial charge on any atom is 0.258 e. The first-order chi connectivity index (χ1) is 10.2. The summed E-state index contributed by atoms with van der Waals surface area (Å²) in [7, 11) is 1.66. The highest BCUT2D eigenvalue weighted by Crippen LogP contribution is 2.15. The fraction of sp³-hybridized carbons (Fsp3) is 0.545. The Hall–Kier alpha value is -2.33. The maximum atomic E-state index is 5.43. The quantitative estimate of drug-likeness (QED) is 0.518. The standard InChI is InChI=1S/C11H19N9O/c1-4-19(8(2)5-21-3)10-15-9(18-12)16-11(17-10)20-7-13-6-14-20/h6-8H,4-5,12H2,1-3H3,(H,15,16,17,18). The fourth-order valence-corrected chi connectivity index (χ4v) is 1.94. The van der Waals surface area contributed by atoms with E-state index in [1.807, 2.05) is 18.7 Å². The van der Waals surface area contributed by atoms with E-state index in [1.165, 1.54) is 17.3 Å². The lowest BCUT2D eigenvalue weighted by molar-refractivity contribution is 0.181. The molecule has 2 aromatic heterocycles. The van der Waals surface area contributed by atoms with Gasteiger partial charge in [0.05, 0.1) is 12.6 Å². The lowest BCUT2D eigenvalue weighted by Crippen LogP contribution is -2.38. The first-order valence-corrected chi connectivity index (χ1v) is 6.52. The molecule has 0 radical (unpaired) electrons. The third kappa shape index (κ3) is 3.41. The number of likely N-dealkylation sites (N-methyl/N-ethyl adjacent to an activating group) is 1. The van der Waals surface area contributed by atoms with E-state index in [0.29, 0.717) is 18.5 Å². The van der Waals surface area contributed by atoms with Gasteiger partial charge in [-0.25, -0.2) is 10.8 Å². The Kier molecular flexibility index (Phi) is 4.95. The van der Waals surface area contributed by atoms with Gasteiger partial charge in [0.2, 0.25) is 11.9 Å². The summed E-state index contributed by atoms with van der Waals surface area (Å²) in [6, 6.07) is 0.108. The highest BCUT2D eigenvalue weighted by Gasteiger charge is 2.18. The molecule has 2 aromatic rings. The predicted octanol–water partition coefficient (Wildman–Crippen LogP) is -0.401. The van der Waals surface area contributed by atoms with E-state index in [0.717, 1.165) is 6.54 Å². The van der Waals surface area contributed by atoms with E-state index < -0.39 is 0 Å². The van der Waals surface area contributed by atoms with Crippen molar-refractivity contribution in [1.29, 1.82) is 0 Å². The van der Waals surface area contributed by atoms with Gasteiger partial charge in [-0.05, 0) is 13.8 Å². The molecule has 0 aliphatic rings. The number of nitrogen functional groups attached to an aromatic ring is 1. The monoisotopic (exact) mass is 293 g/mol. The number of hydrogen-bond donors (Lipinski definition) is 2. The minimum atomic E-state index is 0.108. The Labute approximate surface area is 122 Å². The third-order valence-corrected chi connectivity index (χ3v) is 2.90. The molecule has 0 bridgehead atoms. The smallest absolute Gasteiger partial charge is 0.258 e. The largest absolute Gasteiger partial charge is 0.383 e. The molecular weight excluding hydrogens is 274 g/mol. The number of rotatable bonds is 7. The van der Waals surface area contributed by atoms with Crippen molar-refractivity contribution >= 4 is 11.9 Å². The van der Waals surface area contributed by atoms with E-state index in [1.54, 1.807) is 7.11 Å². The number of ether oxygens (including phenoxy) is 1. The Morgan fingerprint density at radius 1 is 1.43 bits per heavy atom. The van der Waals surface area contributed by atoms with Crippen LogP contribution in [0.15, 0.2) is 12.7 Å².